The molecule has 0 radical (unpaired) electrons. The second-order valence-corrected chi connectivity index (χ2v) is 2.35. The zero-order valence-corrected chi connectivity index (χ0v) is 5.84. The molecule has 84 valence electrons. The lowest BCUT2D eigenvalue weighted by molar-refractivity contribution is -0.632. The molecular weight excluding hydrogens is 232 g/mol. The van der Waals surface area contributed by atoms with Gasteiger partial charge in [0.15, 0.2) is 0 Å². The second kappa shape index (κ2) is 2.48. The van der Waals surface area contributed by atoms with Crippen molar-refractivity contribution in [1.82, 2.24) is 0 Å². The standard InChI is InChI=1S/C4F8O2/c5-1(6)2(7,8)4(11,12)14-13-3(1,9)10. The van der Waals surface area contributed by atoms with Gasteiger partial charge in [-0.3, -0.25) is 0 Å². The molecule has 14 heavy (non-hydrogen) atoms. The summed E-state index contributed by atoms with van der Waals surface area (Å²) in [5.41, 5.74) is 0. The fraction of sp³-hybridized carbons (Fsp3) is 1.00. The highest BCUT2D eigenvalue weighted by molar-refractivity contribution is 4.98. The van der Waals surface area contributed by atoms with Crippen LogP contribution in [0.5, 0.6) is 0 Å². The molecule has 0 aromatic heterocycles. The second-order valence-electron chi connectivity index (χ2n) is 2.35. The molecule has 0 bridgehead atoms. The molecule has 1 saturated heterocycles. The molecule has 1 fully saturated rings. The summed E-state index contributed by atoms with van der Waals surface area (Å²) in [5, 5.41) is 0. The first-order valence-electron chi connectivity index (χ1n) is 2.84. The summed E-state index contributed by atoms with van der Waals surface area (Å²) >= 11 is 0. The van der Waals surface area contributed by atoms with Gasteiger partial charge in [-0.15, -0.1) is 0 Å². The van der Waals surface area contributed by atoms with Crippen LogP contribution >= 0.6 is 0 Å². The fourth-order valence-electron chi connectivity index (χ4n) is 0.575. The van der Waals surface area contributed by atoms with Crippen molar-refractivity contribution in [3.8, 4) is 0 Å². The topological polar surface area (TPSA) is 18.5 Å². The third-order valence-corrected chi connectivity index (χ3v) is 1.38. The Bertz CT molecular complexity index is 222. The molecule has 0 N–H and O–H groups in total. The van der Waals surface area contributed by atoms with Gasteiger partial charge in [0.2, 0.25) is 0 Å². The third kappa shape index (κ3) is 1.10. The van der Waals surface area contributed by atoms with Crippen LogP contribution < -0.4 is 0 Å². The van der Waals surface area contributed by atoms with Crippen molar-refractivity contribution in [2.75, 3.05) is 0 Å². The minimum atomic E-state index is -6.36. The summed E-state index contributed by atoms with van der Waals surface area (Å²) in [6, 6.07) is 0. The first-order chi connectivity index (χ1) is 5.96. The summed E-state index contributed by atoms with van der Waals surface area (Å²) in [6.45, 7) is 0. The predicted molar refractivity (Wildman–Crippen MR) is 22.0 cm³/mol. The number of rotatable bonds is 0. The Morgan fingerprint density at radius 1 is 0.500 bits per heavy atom. The number of hydrogen-bond acceptors (Lipinski definition) is 2. The Morgan fingerprint density at radius 2 is 0.714 bits per heavy atom. The van der Waals surface area contributed by atoms with Gasteiger partial charge in [-0.25, -0.2) is 0 Å². The van der Waals surface area contributed by atoms with Crippen LogP contribution in [0.1, 0.15) is 0 Å². The van der Waals surface area contributed by atoms with Gasteiger partial charge in [0.25, 0.3) is 0 Å². The van der Waals surface area contributed by atoms with Gasteiger partial charge in [-0.2, -0.15) is 44.9 Å². The van der Waals surface area contributed by atoms with E-state index in [1.54, 1.807) is 0 Å². The monoisotopic (exact) mass is 232 g/mol. The number of alkyl halides is 8. The van der Waals surface area contributed by atoms with Gasteiger partial charge < -0.3 is 0 Å². The van der Waals surface area contributed by atoms with Crippen LogP contribution in [-0.4, -0.2) is 24.1 Å². The lowest BCUT2D eigenvalue weighted by Gasteiger charge is -2.38. The highest BCUT2D eigenvalue weighted by atomic mass is 19.4. The molecule has 0 unspecified atom stereocenters. The lowest BCUT2D eigenvalue weighted by Crippen LogP contribution is -2.68. The maximum atomic E-state index is 12.1. The summed E-state index contributed by atoms with van der Waals surface area (Å²) in [5.74, 6) is -12.7. The maximum absolute atomic E-state index is 12.1. The van der Waals surface area contributed by atoms with Gasteiger partial charge in [0.05, 0.1) is 0 Å². The molecule has 2 nitrogen and oxygen atoms in total. The van der Waals surface area contributed by atoms with E-state index in [1.165, 1.54) is 0 Å². The van der Waals surface area contributed by atoms with E-state index in [2.05, 4.69) is 9.78 Å². The van der Waals surface area contributed by atoms with E-state index in [-0.39, 0.29) is 0 Å². The van der Waals surface area contributed by atoms with E-state index >= 15 is 0 Å². The van der Waals surface area contributed by atoms with Crippen molar-refractivity contribution in [1.29, 1.82) is 0 Å². The van der Waals surface area contributed by atoms with Gasteiger partial charge in [-0.05, 0) is 0 Å². The van der Waals surface area contributed by atoms with Crippen molar-refractivity contribution < 1.29 is 44.9 Å². The van der Waals surface area contributed by atoms with Gasteiger partial charge >= 0.3 is 24.1 Å². The maximum Gasteiger partial charge on any atom is 0.452 e. The van der Waals surface area contributed by atoms with Crippen LogP contribution in [0.2, 0.25) is 0 Å². The SMILES string of the molecule is FC1(F)OOC(F)(F)C(F)(F)C1(F)F. The van der Waals surface area contributed by atoms with Crippen molar-refractivity contribution in [3.05, 3.63) is 0 Å². The van der Waals surface area contributed by atoms with E-state index in [9.17, 15) is 35.1 Å². The minimum Gasteiger partial charge on any atom is -0.189 e. The predicted octanol–water partition coefficient (Wildman–Crippen LogP) is 2.40. The molecule has 0 amide bonds. The van der Waals surface area contributed by atoms with Crippen LogP contribution in [0, 0.1) is 0 Å². The Morgan fingerprint density at radius 3 is 0.929 bits per heavy atom. The van der Waals surface area contributed by atoms with E-state index in [1.807, 2.05) is 0 Å². The number of halogens is 8. The lowest BCUT2D eigenvalue weighted by atomic mass is 10.1. The van der Waals surface area contributed by atoms with Crippen molar-refractivity contribution in [2.24, 2.45) is 0 Å². The molecule has 0 saturated carbocycles. The zero-order valence-electron chi connectivity index (χ0n) is 5.84. The molecule has 0 aromatic rings. The van der Waals surface area contributed by atoms with Crippen molar-refractivity contribution in [2.45, 2.75) is 24.1 Å². The average molecular weight is 232 g/mol. The third-order valence-electron chi connectivity index (χ3n) is 1.38. The zero-order chi connectivity index (χ0) is 11.4. The first-order valence-corrected chi connectivity index (χ1v) is 2.84. The van der Waals surface area contributed by atoms with Crippen LogP contribution in [0.3, 0.4) is 0 Å². The summed E-state index contributed by atoms with van der Waals surface area (Å²) in [4.78, 5) is 4.44. The van der Waals surface area contributed by atoms with Crippen molar-refractivity contribution >= 4 is 0 Å². The van der Waals surface area contributed by atoms with E-state index in [4.69, 9.17) is 0 Å². The van der Waals surface area contributed by atoms with Crippen LogP contribution in [0.4, 0.5) is 35.1 Å². The van der Waals surface area contributed by atoms with Crippen molar-refractivity contribution in [3.63, 3.8) is 0 Å². The molecular formula is C4F8O2. The van der Waals surface area contributed by atoms with E-state index < -0.39 is 24.1 Å². The molecule has 0 atom stereocenters. The molecule has 0 spiro atoms. The molecule has 0 aromatic carbocycles. The summed E-state index contributed by atoms with van der Waals surface area (Å²) < 4.78 is 95.9. The molecule has 1 rings (SSSR count). The Hall–Kier alpha value is -0.640. The summed E-state index contributed by atoms with van der Waals surface area (Å²) in [7, 11) is 0. The smallest absolute Gasteiger partial charge is 0.189 e. The van der Waals surface area contributed by atoms with E-state index in [0.29, 0.717) is 0 Å². The van der Waals surface area contributed by atoms with E-state index in [0.717, 1.165) is 0 Å². The average Bonchev–Trinajstić information content (AvgIpc) is 1.98. The van der Waals surface area contributed by atoms with Crippen LogP contribution in [-0.2, 0) is 9.78 Å². The number of hydrogen-bond donors (Lipinski definition) is 0. The Labute approximate surface area is 70.3 Å². The molecule has 1 aliphatic heterocycles. The van der Waals surface area contributed by atoms with Gasteiger partial charge in [-0.1, -0.05) is 0 Å². The van der Waals surface area contributed by atoms with Gasteiger partial charge in [0.1, 0.15) is 0 Å². The van der Waals surface area contributed by atoms with Crippen LogP contribution in [0.25, 0.3) is 0 Å². The highest BCUT2D eigenvalue weighted by Gasteiger charge is 2.87. The molecule has 0 aliphatic carbocycles. The Balaban J connectivity index is 3.20. The molecule has 1 aliphatic rings. The largest absolute Gasteiger partial charge is 0.452 e. The van der Waals surface area contributed by atoms with Gasteiger partial charge in [0, 0.05) is 0 Å². The highest BCUT2D eigenvalue weighted by Crippen LogP contribution is 2.57. The van der Waals surface area contributed by atoms with Crippen LogP contribution in [0.15, 0.2) is 0 Å². The molecule has 1 heterocycles. The summed E-state index contributed by atoms with van der Waals surface area (Å²) in [6.07, 6.45) is -11.6. The normalized spacial score (nSPS) is 32.6. The first kappa shape index (κ1) is 11.4. The fourth-order valence-corrected chi connectivity index (χ4v) is 0.575. The Kier molecular flexibility index (Phi) is 2.03. The minimum absolute atomic E-state index is 2.22. The molecule has 10 heteroatoms. The quantitative estimate of drug-likeness (QED) is 0.471.